The van der Waals surface area contributed by atoms with Crippen molar-refractivity contribution in [3.05, 3.63) is 59.9 Å². The number of likely N-dealkylation sites (tertiary alicyclic amines) is 1. The van der Waals surface area contributed by atoms with Gasteiger partial charge >= 0.3 is 6.09 Å². The molecule has 3 aromatic heterocycles. The molecule has 1 aliphatic rings. The predicted octanol–water partition coefficient (Wildman–Crippen LogP) is 2.69. The number of amides is 2. The molecule has 11 heteroatoms. The minimum absolute atomic E-state index is 0.0286. The molecule has 3 N–H and O–H groups in total. The van der Waals surface area contributed by atoms with Crippen LogP contribution >= 0.6 is 0 Å². The van der Waals surface area contributed by atoms with Gasteiger partial charge in [-0.05, 0) is 24.6 Å². The molecule has 0 saturated carbocycles. The number of nitrogens with zero attached hydrogens (tertiary/aromatic N) is 5. The molecule has 0 bridgehead atoms. The fourth-order valence-electron chi connectivity index (χ4n) is 3.68. The molecule has 1 aromatic carbocycles. The van der Waals surface area contributed by atoms with Crippen molar-refractivity contribution in [2.24, 2.45) is 0 Å². The summed E-state index contributed by atoms with van der Waals surface area (Å²) in [7, 11) is 1.35. The predicted molar refractivity (Wildman–Crippen MR) is 119 cm³/mol. The number of aromatic nitrogens is 4. The summed E-state index contributed by atoms with van der Waals surface area (Å²) in [6.07, 6.45) is 2.84. The Morgan fingerprint density at radius 2 is 2.06 bits per heavy atom. The third kappa shape index (κ3) is 3.73. The number of carbonyl (C=O) groups excluding carboxylic acids is 2. The van der Waals surface area contributed by atoms with Crippen LogP contribution in [0.2, 0.25) is 0 Å². The third-order valence-electron chi connectivity index (χ3n) is 5.62. The number of ether oxygens (including phenoxy) is 1. The van der Waals surface area contributed by atoms with Crippen LogP contribution in [-0.4, -0.2) is 56.6 Å². The highest BCUT2D eigenvalue weighted by atomic mass is 16.5. The van der Waals surface area contributed by atoms with Crippen LogP contribution in [0.4, 0.5) is 16.2 Å². The van der Waals surface area contributed by atoms with E-state index < -0.39 is 0 Å². The van der Waals surface area contributed by atoms with Crippen LogP contribution < -0.4 is 11.1 Å². The summed E-state index contributed by atoms with van der Waals surface area (Å²) < 4.78 is 11.8. The molecule has 1 saturated heterocycles. The molecule has 33 heavy (non-hydrogen) atoms. The smallest absolute Gasteiger partial charge is 0.409 e. The van der Waals surface area contributed by atoms with Crippen LogP contribution in [0.15, 0.2) is 47.2 Å². The lowest BCUT2D eigenvalue weighted by molar-refractivity contribution is 0.0804. The maximum absolute atomic E-state index is 12.9. The van der Waals surface area contributed by atoms with Crippen LogP contribution in [0, 0.1) is 6.92 Å². The highest BCUT2D eigenvalue weighted by Crippen LogP contribution is 2.29. The standard InChI is InChI=1S/C22H21N7O4/c1-12-3-4-13(19-26-21(33-27-19)14-10-28(11-14)22(31)32-2)7-16(12)25-20(30)17-9-24-18-8-15(23)5-6-29(17)18/h3-9,14H,10-11,23H2,1-2H3,(H,25,30). The van der Waals surface area contributed by atoms with Crippen molar-refractivity contribution in [2.45, 2.75) is 12.8 Å². The second kappa shape index (κ2) is 7.93. The number of fused-ring (bicyclic) bond motifs is 1. The molecule has 5 rings (SSSR count). The number of imidazole rings is 1. The highest BCUT2D eigenvalue weighted by molar-refractivity contribution is 6.04. The van der Waals surface area contributed by atoms with E-state index >= 15 is 0 Å². The first-order chi connectivity index (χ1) is 15.9. The van der Waals surface area contributed by atoms with Gasteiger partial charge in [0.25, 0.3) is 5.91 Å². The van der Waals surface area contributed by atoms with Crippen LogP contribution in [0.5, 0.6) is 0 Å². The number of nitrogens with two attached hydrogens (primary N) is 1. The first kappa shape index (κ1) is 20.5. The lowest BCUT2D eigenvalue weighted by atomic mass is 10.0. The summed E-state index contributed by atoms with van der Waals surface area (Å²) in [6, 6.07) is 8.93. The van der Waals surface area contributed by atoms with E-state index in [-0.39, 0.29) is 17.9 Å². The lowest BCUT2D eigenvalue weighted by Crippen LogP contribution is -2.48. The first-order valence-corrected chi connectivity index (χ1v) is 10.2. The Morgan fingerprint density at radius 3 is 2.85 bits per heavy atom. The van der Waals surface area contributed by atoms with E-state index in [1.165, 1.54) is 13.3 Å². The van der Waals surface area contributed by atoms with E-state index in [0.29, 0.717) is 53.1 Å². The van der Waals surface area contributed by atoms with Gasteiger partial charge in [0.05, 0.1) is 19.2 Å². The fraction of sp³-hybridized carbons (Fsp3) is 0.227. The van der Waals surface area contributed by atoms with Crippen LogP contribution in [-0.2, 0) is 4.74 Å². The number of anilines is 2. The number of hydrogen-bond donors (Lipinski definition) is 2. The molecule has 1 aliphatic heterocycles. The Kier molecular flexibility index (Phi) is 4.93. The van der Waals surface area contributed by atoms with Crippen molar-refractivity contribution >= 4 is 29.0 Å². The normalized spacial score (nSPS) is 13.7. The minimum atomic E-state index is -0.376. The Hall–Kier alpha value is -4.41. The number of carbonyl (C=O) groups is 2. The SMILES string of the molecule is COC(=O)N1CC(c2nc(-c3ccc(C)c(NC(=O)c4cnc5cc(N)ccn45)c3)no2)C1. The topological polar surface area (TPSA) is 141 Å². The summed E-state index contributed by atoms with van der Waals surface area (Å²) in [4.78, 5) is 34.7. The lowest BCUT2D eigenvalue weighted by Gasteiger charge is -2.35. The zero-order valence-corrected chi connectivity index (χ0v) is 18.0. The summed E-state index contributed by atoms with van der Waals surface area (Å²) >= 11 is 0. The molecule has 0 atom stereocenters. The Morgan fingerprint density at radius 1 is 1.24 bits per heavy atom. The molecular weight excluding hydrogens is 426 g/mol. The summed E-state index contributed by atoms with van der Waals surface area (Å²) in [6.45, 7) is 2.83. The average molecular weight is 447 g/mol. The van der Waals surface area contributed by atoms with Gasteiger partial charge in [0, 0.05) is 42.3 Å². The van der Waals surface area contributed by atoms with Gasteiger partial charge in [0.2, 0.25) is 11.7 Å². The number of aryl methyl sites for hydroxylation is 1. The Bertz CT molecular complexity index is 1370. The maximum atomic E-state index is 12.9. The zero-order valence-electron chi connectivity index (χ0n) is 18.0. The van der Waals surface area contributed by atoms with Crippen molar-refractivity contribution in [1.29, 1.82) is 0 Å². The van der Waals surface area contributed by atoms with Gasteiger partial charge in [-0.15, -0.1) is 0 Å². The van der Waals surface area contributed by atoms with Crippen LogP contribution in [0.25, 0.3) is 17.0 Å². The van der Waals surface area contributed by atoms with E-state index in [0.717, 1.165) is 5.56 Å². The van der Waals surface area contributed by atoms with Gasteiger partial charge in [0.15, 0.2) is 0 Å². The number of nitrogen functional groups attached to an aromatic ring is 1. The molecule has 0 aliphatic carbocycles. The maximum Gasteiger partial charge on any atom is 0.409 e. The van der Waals surface area contributed by atoms with E-state index in [1.54, 1.807) is 33.7 Å². The van der Waals surface area contributed by atoms with E-state index in [9.17, 15) is 9.59 Å². The third-order valence-corrected chi connectivity index (χ3v) is 5.62. The van der Waals surface area contributed by atoms with Gasteiger partial charge < -0.3 is 25.2 Å². The van der Waals surface area contributed by atoms with Crippen molar-refractivity contribution in [3.63, 3.8) is 0 Å². The van der Waals surface area contributed by atoms with Gasteiger partial charge in [0.1, 0.15) is 11.3 Å². The molecule has 168 valence electrons. The molecule has 1 fully saturated rings. The molecular formula is C22H21N7O4. The van der Waals surface area contributed by atoms with Gasteiger partial charge in [-0.1, -0.05) is 17.3 Å². The number of nitrogens with one attached hydrogen (secondary N) is 1. The van der Waals surface area contributed by atoms with Gasteiger partial charge in [-0.25, -0.2) is 9.78 Å². The van der Waals surface area contributed by atoms with Crippen molar-refractivity contribution in [2.75, 3.05) is 31.2 Å². The van der Waals surface area contributed by atoms with Crippen LogP contribution in [0.3, 0.4) is 0 Å². The number of hydrogen-bond acceptors (Lipinski definition) is 8. The molecule has 2 amide bonds. The number of methoxy groups -OCH3 is 1. The van der Waals surface area contributed by atoms with Crippen molar-refractivity contribution < 1.29 is 18.8 Å². The van der Waals surface area contributed by atoms with Gasteiger partial charge in [-0.3, -0.25) is 9.20 Å². The van der Waals surface area contributed by atoms with Gasteiger partial charge in [-0.2, -0.15) is 4.98 Å². The highest BCUT2D eigenvalue weighted by Gasteiger charge is 2.36. The quantitative estimate of drug-likeness (QED) is 0.486. The molecule has 4 heterocycles. The van der Waals surface area contributed by atoms with E-state index in [4.69, 9.17) is 15.0 Å². The summed E-state index contributed by atoms with van der Waals surface area (Å²) in [5.41, 5.74) is 9.53. The molecule has 11 nitrogen and oxygen atoms in total. The average Bonchev–Trinajstić information content (AvgIpc) is 3.41. The number of benzene rings is 1. The number of rotatable bonds is 4. The largest absolute Gasteiger partial charge is 0.453 e. The molecule has 0 spiro atoms. The number of pyridine rings is 1. The Labute approximate surface area is 188 Å². The van der Waals surface area contributed by atoms with Crippen molar-refractivity contribution in [3.8, 4) is 11.4 Å². The summed E-state index contributed by atoms with van der Waals surface area (Å²) in [5, 5.41) is 7.00. The monoisotopic (exact) mass is 447 g/mol. The Balaban J connectivity index is 1.34. The molecule has 0 unspecified atom stereocenters. The van der Waals surface area contributed by atoms with Crippen molar-refractivity contribution in [1.82, 2.24) is 24.4 Å². The van der Waals surface area contributed by atoms with E-state index in [1.807, 2.05) is 19.1 Å². The minimum Gasteiger partial charge on any atom is -0.453 e. The first-order valence-electron chi connectivity index (χ1n) is 10.2. The van der Waals surface area contributed by atoms with Crippen LogP contribution in [0.1, 0.15) is 27.9 Å². The summed E-state index contributed by atoms with van der Waals surface area (Å²) in [5.74, 6) is 0.529. The second-order valence-electron chi connectivity index (χ2n) is 7.84. The molecule has 0 radical (unpaired) electrons. The fourth-order valence-corrected chi connectivity index (χ4v) is 3.68. The zero-order chi connectivity index (χ0) is 23.1. The van der Waals surface area contributed by atoms with E-state index in [2.05, 4.69) is 20.4 Å². The second-order valence-corrected chi connectivity index (χ2v) is 7.84. The molecule has 4 aromatic rings.